The summed E-state index contributed by atoms with van der Waals surface area (Å²) in [6.45, 7) is -0.290. The average Bonchev–Trinajstić information content (AvgIpc) is 3.09. The van der Waals surface area contributed by atoms with Crippen LogP contribution in [0.3, 0.4) is 0 Å². The van der Waals surface area contributed by atoms with Crippen molar-refractivity contribution in [2.45, 2.75) is 37.1 Å². The van der Waals surface area contributed by atoms with E-state index in [1.54, 1.807) is 11.8 Å². The van der Waals surface area contributed by atoms with Gasteiger partial charge in [-0.15, -0.1) is 0 Å². The third kappa shape index (κ3) is 6.73. The number of thioether (sulfide) groups is 1. The molecule has 0 aliphatic heterocycles. The second-order valence-electron chi connectivity index (χ2n) is 6.56. The van der Waals surface area contributed by atoms with Crippen LogP contribution in [0.5, 0.6) is 0 Å². The highest BCUT2D eigenvalue weighted by atomic mass is 35.5. The number of hydrogen-bond acceptors (Lipinski definition) is 4. The fourth-order valence-corrected chi connectivity index (χ4v) is 5.27. The maximum Gasteiger partial charge on any atom is 0.416 e. The Labute approximate surface area is 172 Å². The molecule has 1 aliphatic rings. The van der Waals surface area contributed by atoms with E-state index >= 15 is 0 Å². The molecule has 0 saturated heterocycles. The van der Waals surface area contributed by atoms with Gasteiger partial charge < -0.3 is 5.32 Å². The monoisotopic (exact) mass is 458 g/mol. The molecule has 1 aromatic carbocycles. The molecule has 0 unspecified atom stereocenters. The van der Waals surface area contributed by atoms with Crippen LogP contribution in [0.2, 0.25) is 5.02 Å². The predicted molar refractivity (Wildman–Crippen MR) is 106 cm³/mol. The summed E-state index contributed by atoms with van der Waals surface area (Å²) in [5, 5.41) is 3.01. The number of nitrogens with zero attached hydrogens (tertiary/aromatic N) is 1. The van der Waals surface area contributed by atoms with Gasteiger partial charge in [-0.25, -0.2) is 8.42 Å². The lowest BCUT2D eigenvalue weighted by molar-refractivity contribution is -0.137. The van der Waals surface area contributed by atoms with E-state index < -0.39 is 34.2 Å². The summed E-state index contributed by atoms with van der Waals surface area (Å²) < 4.78 is 63.6. The number of benzene rings is 1. The Morgan fingerprint density at radius 2 is 1.96 bits per heavy atom. The molecule has 0 heterocycles. The highest BCUT2D eigenvalue weighted by Crippen LogP contribution is 2.36. The van der Waals surface area contributed by atoms with Crippen molar-refractivity contribution in [1.82, 2.24) is 5.32 Å². The number of carbonyl (C=O) groups excluding carboxylic acids is 1. The molecule has 0 atom stereocenters. The highest BCUT2D eigenvalue weighted by molar-refractivity contribution is 7.99. The van der Waals surface area contributed by atoms with Crippen molar-refractivity contribution in [1.29, 1.82) is 0 Å². The van der Waals surface area contributed by atoms with Crippen LogP contribution in [0.4, 0.5) is 18.9 Å². The molecule has 1 aromatic rings. The third-order valence-electron chi connectivity index (χ3n) is 4.31. The number of nitrogens with one attached hydrogen (secondary N) is 1. The topological polar surface area (TPSA) is 66.5 Å². The molecule has 0 spiro atoms. The fourth-order valence-electron chi connectivity index (χ4n) is 2.92. The van der Waals surface area contributed by atoms with Crippen LogP contribution in [0.1, 0.15) is 31.2 Å². The van der Waals surface area contributed by atoms with E-state index in [0.717, 1.165) is 31.2 Å². The van der Waals surface area contributed by atoms with Gasteiger partial charge in [0.1, 0.15) is 6.54 Å². The summed E-state index contributed by atoms with van der Waals surface area (Å²) in [6, 6.07) is 2.35. The Morgan fingerprint density at radius 3 is 2.54 bits per heavy atom. The fraction of sp³-hybridized carbons (Fsp3) is 0.588. The molecular weight excluding hydrogens is 437 g/mol. The normalized spacial score (nSPS) is 15.6. The van der Waals surface area contributed by atoms with Crippen molar-refractivity contribution in [3.8, 4) is 0 Å². The summed E-state index contributed by atoms with van der Waals surface area (Å²) >= 11 is 7.68. The van der Waals surface area contributed by atoms with E-state index in [9.17, 15) is 26.4 Å². The highest BCUT2D eigenvalue weighted by Gasteiger charge is 2.33. The van der Waals surface area contributed by atoms with E-state index in [1.165, 1.54) is 12.8 Å². The van der Waals surface area contributed by atoms with Gasteiger partial charge in [0.25, 0.3) is 0 Å². The Bertz CT molecular complexity index is 797. The summed E-state index contributed by atoms with van der Waals surface area (Å²) in [4.78, 5) is 12.2. The molecule has 0 aromatic heterocycles. The SMILES string of the molecule is CS(=O)(=O)N(CC(=O)NCCSC1CCCC1)c1cc(C(F)(F)F)ccc1Cl. The van der Waals surface area contributed by atoms with Gasteiger partial charge in [0.2, 0.25) is 15.9 Å². The summed E-state index contributed by atoms with van der Waals surface area (Å²) in [5.41, 5.74) is -1.43. The first-order valence-corrected chi connectivity index (χ1v) is 12.0. The number of halogens is 4. The Morgan fingerprint density at radius 1 is 1.32 bits per heavy atom. The average molecular weight is 459 g/mol. The van der Waals surface area contributed by atoms with Gasteiger partial charge in [0, 0.05) is 17.5 Å². The van der Waals surface area contributed by atoms with E-state index in [4.69, 9.17) is 11.6 Å². The lowest BCUT2D eigenvalue weighted by Crippen LogP contribution is -2.41. The second kappa shape index (κ2) is 9.58. The smallest absolute Gasteiger partial charge is 0.354 e. The van der Waals surface area contributed by atoms with Crippen molar-refractivity contribution in [3.05, 3.63) is 28.8 Å². The molecule has 158 valence electrons. The van der Waals surface area contributed by atoms with Gasteiger partial charge in [-0.1, -0.05) is 24.4 Å². The first-order valence-electron chi connectivity index (χ1n) is 8.71. The van der Waals surface area contributed by atoms with Crippen LogP contribution in [0.15, 0.2) is 18.2 Å². The van der Waals surface area contributed by atoms with Crippen molar-refractivity contribution in [2.24, 2.45) is 0 Å². The van der Waals surface area contributed by atoms with E-state index in [2.05, 4.69) is 5.32 Å². The Hall–Kier alpha value is -1.13. The molecule has 2 rings (SSSR count). The molecule has 1 fully saturated rings. The zero-order chi connectivity index (χ0) is 20.9. The maximum absolute atomic E-state index is 13.0. The van der Waals surface area contributed by atoms with Crippen LogP contribution in [-0.2, 0) is 21.0 Å². The van der Waals surface area contributed by atoms with Crippen molar-refractivity contribution in [3.63, 3.8) is 0 Å². The predicted octanol–water partition coefficient (Wildman–Crippen LogP) is 3.92. The van der Waals surface area contributed by atoms with Gasteiger partial charge in [-0.3, -0.25) is 9.10 Å². The van der Waals surface area contributed by atoms with Gasteiger partial charge in [0.05, 0.1) is 22.5 Å². The lowest BCUT2D eigenvalue weighted by atomic mass is 10.2. The molecule has 0 radical (unpaired) electrons. The molecule has 1 amide bonds. The number of rotatable bonds is 8. The number of hydrogen-bond donors (Lipinski definition) is 1. The first-order chi connectivity index (χ1) is 13.0. The molecule has 1 N–H and O–H groups in total. The van der Waals surface area contributed by atoms with E-state index in [1.807, 2.05) is 0 Å². The zero-order valence-corrected chi connectivity index (χ0v) is 17.6. The summed E-state index contributed by atoms with van der Waals surface area (Å²) in [7, 11) is -4.03. The third-order valence-corrected chi connectivity index (χ3v) is 7.14. The summed E-state index contributed by atoms with van der Waals surface area (Å²) in [6.07, 6.45) is 0.897. The van der Waals surface area contributed by atoms with Crippen LogP contribution >= 0.6 is 23.4 Å². The number of sulfonamides is 1. The second-order valence-corrected chi connectivity index (χ2v) is 10.3. The van der Waals surface area contributed by atoms with Crippen LogP contribution in [0.25, 0.3) is 0 Å². The van der Waals surface area contributed by atoms with Crippen molar-refractivity contribution < 1.29 is 26.4 Å². The number of carbonyl (C=O) groups is 1. The standard InChI is InChI=1S/C17H22ClF3N2O3S2/c1-28(25,26)23(15-10-12(17(19,20)21)6-7-14(15)18)11-16(24)22-8-9-27-13-4-2-3-5-13/h6-7,10,13H,2-5,8-9,11H2,1H3,(H,22,24). The zero-order valence-electron chi connectivity index (χ0n) is 15.3. The summed E-state index contributed by atoms with van der Waals surface area (Å²) in [5.74, 6) is 0.0884. The van der Waals surface area contributed by atoms with Gasteiger partial charge in [-0.05, 0) is 31.0 Å². The first kappa shape index (κ1) is 23.2. The molecule has 1 aliphatic carbocycles. The van der Waals surface area contributed by atoms with Gasteiger partial charge >= 0.3 is 6.18 Å². The van der Waals surface area contributed by atoms with Crippen molar-refractivity contribution in [2.75, 3.05) is 29.4 Å². The van der Waals surface area contributed by atoms with E-state index in [-0.39, 0.29) is 10.7 Å². The molecular formula is C17H22ClF3N2O3S2. The van der Waals surface area contributed by atoms with E-state index in [0.29, 0.717) is 27.9 Å². The number of anilines is 1. The number of alkyl halides is 3. The van der Waals surface area contributed by atoms with Crippen LogP contribution in [0, 0.1) is 0 Å². The van der Waals surface area contributed by atoms with Crippen LogP contribution < -0.4 is 9.62 Å². The minimum absolute atomic E-state index is 0.192. The maximum atomic E-state index is 13.0. The molecule has 28 heavy (non-hydrogen) atoms. The Kier molecular flexibility index (Phi) is 7.92. The molecule has 0 bridgehead atoms. The number of amides is 1. The lowest BCUT2D eigenvalue weighted by Gasteiger charge is -2.24. The molecule has 5 nitrogen and oxygen atoms in total. The van der Waals surface area contributed by atoms with Crippen LogP contribution in [-0.4, -0.2) is 44.7 Å². The van der Waals surface area contributed by atoms with Crippen molar-refractivity contribution >= 4 is 45.0 Å². The minimum Gasteiger partial charge on any atom is -0.354 e. The largest absolute Gasteiger partial charge is 0.416 e. The molecule has 11 heteroatoms. The molecule has 1 saturated carbocycles. The van der Waals surface area contributed by atoms with Gasteiger partial charge in [0.15, 0.2) is 0 Å². The Balaban J connectivity index is 2.05. The minimum atomic E-state index is -4.66. The van der Waals surface area contributed by atoms with Gasteiger partial charge in [-0.2, -0.15) is 24.9 Å². The quantitative estimate of drug-likeness (QED) is 0.600.